The zero-order valence-corrected chi connectivity index (χ0v) is 14.8. The van der Waals surface area contributed by atoms with Crippen LogP contribution in [0.4, 0.5) is 0 Å². The molecule has 0 fully saturated rings. The number of aryl methyl sites for hydroxylation is 1. The first-order valence-corrected chi connectivity index (χ1v) is 5.92. The van der Waals surface area contributed by atoms with Crippen molar-refractivity contribution in [3.63, 3.8) is 0 Å². The van der Waals surface area contributed by atoms with Gasteiger partial charge in [0.25, 0.3) is 0 Å². The largest absolute Gasteiger partial charge is 2.00 e. The summed E-state index contributed by atoms with van der Waals surface area (Å²) in [5.41, 5.74) is 2.25. The van der Waals surface area contributed by atoms with E-state index in [0.29, 0.717) is 5.69 Å². The van der Waals surface area contributed by atoms with Crippen molar-refractivity contribution in [3.8, 4) is 0 Å². The third kappa shape index (κ3) is 9.26. The number of hydrogen-bond donors (Lipinski definition) is 1. The molecule has 19 heavy (non-hydrogen) atoms. The van der Waals surface area contributed by atoms with E-state index in [1.54, 1.807) is 6.92 Å². The van der Waals surface area contributed by atoms with Crippen LogP contribution in [0.15, 0.2) is 30.3 Å². The summed E-state index contributed by atoms with van der Waals surface area (Å²) in [4.78, 5) is 10.5. The van der Waals surface area contributed by atoms with Gasteiger partial charge in [0.15, 0.2) is 0 Å². The van der Waals surface area contributed by atoms with E-state index in [9.17, 15) is 4.79 Å². The van der Waals surface area contributed by atoms with E-state index in [1.807, 2.05) is 44.2 Å². The molecular weight excluding hydrogens is 408 g/mol. The Balaban J connectivity index is 0. The van der Waals surface area contributed by atoms with Crippen LogP contribution in [0.1, 0.15) is 42.5 Å². The van der Waals surface area contributed by atoms with E-state index in [1.165, 1.54) is 6.92 Å². The van der Waals surface area contributed by atoms with Crippen LogP contribution in [0.3, 0.4) is 0 Å². The number of carbonyl (C=O) groups excluding carboxylic acids is 1. The summed E-state index contributed by atoms with van der Waals surface area (Å²) >= 11 is 0. The van der Waals surface area contributed by atoms with Gasteiger partial charge in [-0.05, 0) is 12.6 Å². The topological polar surface area (TPSA) is 45.8 Å². The van der Waals surface area contributed by atoms with Crippen molar-refractivity contribution < 1.29 is 25.9 Å². The molecule has 4 heteroatoms. The Bertz CT molecular complexity index is 452. The van der Waals surface area contributed by atoms with Gasteiger partial charge in [0.2, 0.25) is 0 Å². The number of hydrogen-bond acceptors (Lipinski definition) is 2. The van der Waals surface area contributed by atoms with Crippen molar-refractivity contribution in [2.45, 2.75) is 27.7 Å². The van der Waals surface area contributed by atoms with Crippen LogP contribution >= 0.6 is 0 Å². The number of ketones is 1. The molecule has 1 aromatic heterocycles. The molecular formula is C15H20N2OW. The summed E-state index contributed by atoms with van der Waals surface area (Å²) in [5, 5.41) is 6.31. The molecule has 0 unspecified atom stereocenters. The molecule has 2 rings (SSSR count). The maximum absolute atomic E-state index is 10.5. The Hall–Kier alpha value is -1.34. The van der Waals surface area contributed by atoms with Gasteiger partial charge >= 0.3 is 21.1 Å². The molecule has 0 aliphatic rings. The Labute approximate surface area is 130 Å². The summed E-state index contributed by atoms with van der Waals surface area (Å²) in [5.74, 6) is -0.0562. The SMILES string of the molecule is CC.CC(=O)c1[c-]c(C)[nH]n1.[CH2-]c1ccccc1.[W+2]. The summed E-state index contributed by atoms with van der Waals surface area (Å²) in [7, 11) is 0. The maximum atomic E-state index is 10.5. The standard InChI is InChI=1S/C7H7.C6H7N2O.C2H6.W/c1-7-5-3-2-4-6-7;1-4-3-6(5(2)9)8-7-4;1-2;/h2-6H,1H2;1-2H3,(H,7,8);1-2H3;/q2*-1;;+2. The number of aromatic nitrogens is 2. The second-order valence-electron chi connectivity index (χ2n) is 3.36. The molecule has 102 valence electrons. The van der Waals surface area contributed by atoms with Crippen LogP contribution in [0.2, 0.25) is 0 Å². The molecule has 0 radical (unpaired) electrons. The van der Waals surface area contributed by atoms with Crippen LogP contribution in [0.25, 0.3) is 0 Å². The van der Waals surface area contributed by atoms with E-state index >= 15 is 0 Å². The van der Waals surface area contributed by atoms with E-state index in [0.717, 1.165) is 11.3 Å². The maximum Gasteiger partial charge on any atom is 2.00 e. The molecule has 0 bridgehead atoms. The molecule has 0 saturated heterocycles. The van der Waals surface area contributed by atoms with E-state index in [-0.39, 0.29) is 26.8 Å². The predicted molar refractivity (Wildman–Crippen MR) is 74.4 cm³/mol. The Morgan fingerprint density at radius 1 is 1.26 bits per heavy atom. The Morgan fingerprint density at radius 3 is 2.00 bits per heavy atom. The number of carbonyl (C=O) groups is 1. The number of nitrogens with one attached hydrogen (secondary N) is 1. The van der Waals surface area contributed by atoms with Gasteiger partial charge < -0.3 is 9.89 Å². The van der Waals surface area contributed by atoms with Gasteiger partial charge in [0.05, 0.1) is 0 Å². The molecule has 1 N–H and O–H groups in total. The Morgan fingerprint density at radius 2 is 1.79 bits per heavy atom. The van der Waals surface area contributed by atoms with E-state index in [2.05, 4.69) is 23.2 Å². The fourth-order valence-corrected chi connectivity index (χ4v) is 1.02. The van der Waals surface area contributed by atoms with Gasteiger partial charge in [0.1, 0.15) is 0 Å². The van der Waals surface area contributed by atoms with Crippen LogP contribution in [-0.2, 0) is 21.1 Å². The average molecular weight is 428 g/mol. The first-order valence-electron chi connectivity index (χ1n) is 5.92. The first kappa shape index (κ1) is 20.0. The number of H-pyrrole nitrogens is 1. The summed E-state index contributed by atoms with van der Waals surface area (Å²) in [6.07, 6.45) is 0. The molecule has 0 saturated carbocycles. The molecule has 2 aromatic rings. The minimum Gasteiger partial charge on any atom is -0.405 e. The molecule has 0 aliphatic carbocycles. The fourth-order valence-electron chi connectivity index (χ4n) is 1.02. The van der Waals surface area contributed by atoms with Crippen molar-refractivity contribution >= 4 is 5.78 Å². The van der Waals surface area contributed by atoms with Gasteiger partial charge in [-0.25, -0.2) is 5.10 Å². The van der Waals surface area contributed by atoms with Gasteiger partial charge in [0, 0.05) is 5.78 Å². The van der Waals surface area contributed by atoms with Gasteiger partial charge in [-0.15, -0.1) is 12.1 Å². The fraction of sp³-hybridized carbons (Fsp3) is 0.267. The minimum atomic E-state index is -0.0562. The molecule has 0 atom stereocenters. The monoisotopic (exact) mass is 428 g/mol. The van der Waals surface area contributed by atoms with Gasteiger partial charge in [-0.1, -0.05) is 32.5 Å². The van der Waals surface area contributed by atoms with Crippen LogP contribution in [0, 0.1) is 19.9 Å². The first-order chi connectivity index (χ1) is 8.59. The third-order valence-electron chi connectivity index (χ3n) is 1.82. The normalized spacial score (nSPS) is 8.00. The van der Waals surface area contributed by atoms with Crippen molar-refractivity contribution in [2.24, 2.45) is 0 Å². The number of nitrogens with zero attached hydrogens (tertiary/aromatic N) is 1. The van der Waals surface area contributed by atoms with Crippen LogP contribution < -0.4 is 0 Å². The van der Waals surface area contributed by atoms with Crippen LogP contribution in [-0.4, -0.2) is 16.0 Å². The van der Waals surface area contributed by atoms with Crippen molar-refractivity contribution in [3.05, 3.63) is 60.3 Å². The number of aromatic amines is 1. The van der Waals surface area contributed by atoms with Crippen molar-refractivity contribution in [2.75, 3.05) is 0 Å². The zero-order chi connectivity index (χ0) is 14.0. The molecule has 0 aliphatic heterocycles. The molecule has 1 heterocycles. The second kappa shape index (κ2) is 11.7. The average Bonchev–Trinajstić information content (AvgIpc) is 2.80. The summed E-state index contributed by atoms with van der Waals surface area (Å²) in [6.45, 7) is 11.0. The van der Waals surface area contributed by atoms with Gasteiger partial charge in [-0.2, -0.15) is 30.7 Å². The predicted octanol–water partition coefficient (Wildman–Crippen LogP) is 3.61. The second-order valence-corrected chi connectivity index (χ2v) is 3.36. The third-order valence-corrected chi connectivity index (χ3v) is 1.82. The quantitative estimate of drug-likeness (QED) is 0.558. The number of rotatable bonds is 1. The molecule has 1 aromatic carbocycles. The summed E-state index contributed by atoms with van der Waals surface area (Å²) in [6, 6.07) is 12.6. The minimum absolute atomic E-state index is 0. The van der Waals surface area contributed by atoms with E-state index < -0.39 is 0 Å². The van der Waals surface area contributed by atoms with Gasteiger partial charge in [-0.3, -0.25) is 0 Å². The molecule has 0 spiro atoms. The number of benzene rings is 1. The van der Waals surface area contributed by atoms with Crippen molar-refractivity contribution in [1.29, 1.82) is 0 Å². The molecule has 0 amide bonds. The summed E-state index contributed by atoms with van der Waals surface area (Å²) < 4.78 is 0. The number of Topliss-reactive ketones (excluding diaryl/α,β-unsaturated/α-hetero) is 1. The van der Waals surface area contributed by atoms with E-state index in [4.69, 9.17) is 0 Å². The zero-order valence-electron chi connectivity index (χ0n) is 11.9. The Kier molecular flexibility index (Phi) is 12.3. The van der Waals surface area contributed by atoms with Crippen LogP contribution in [0.5, 0.6) is 0 Å². The smallest absolute Gasteiger partial charge is 0.405 e. The molecule has 3 nitrogen and oxygen atoms in total. The van der Waals surface area contributed by atoms with Crippen molar-refractivity contribution in [1.82, 2.24) is 10.2 Å².